The van der Waals surface area contributed by atoms with Crippen molar-refractivity contribution in [3.63, 3.8) is 0 Å². The Morgan fingerprint density at radius 1 is 0.789 bits per heavy atom. The molecule has 0 aromatic heterocycles. The second-order valence-electron chi connectivity index (χ2n) is 5.08. The maximum Gasteiger partial charge on any atom is 0.157 e. The van der Waals surface area contributed by atoms with Gasteiger partial charge in [-0.15, -0.1) is 0 Å². The highest BCUT2D eigenvalue weighted by Gasteiger charge is 2.14. The van der Waals surface area contributed by atoms with Gasteiger partial charge in [-0.1, -0.05) is 0 Å². The van der Waals surface area contributed by atoms with Gasteiger partial charge >= 0.3 is 0 Å². The summed E-state index contributed by atoms with van der Waals surface area (Å²) in [6, 6.07) is 0. The number of hydrogen-bond donors (Lipinski definition) is 1. The molecule has 2 atom stereocenters. The Balaban J connectivity index is 1.35. The van der Waals surface area contributed by atoms with Crippen molar-refractivity contribution in [2.75, 3.05) is 39.5 Å². The van der Waals surface area contributed by atoms with Crippen LogP contribution in [0.1, 0.15) is 38.5 Å². The van der Waals surface area contributed by atoms with Gasteiger partial charge in [0.1, 0.15) is 0 Å². The number of hydrogen-bond acceptors (Lipinski definition) is 5. The van der Waals surface area contributed by atoms with E-state index >= 15 is 0 Å². The Kier molecular flexibility index (Phi) is 7.73. The SMILES string of the molecule is C1CCC(OCCNCCOC2CCCCO2)OC1. The molecule has 0 saturated carbocycles. The first kappa shape index (κ1) is 15.2. The summed E-state index contributed by atoms with van der Waals surface area (Å²) in [7, 11) is 0. The molecule has 0 radical (unpaired) electrons. The van der Waals surface area contributed by atoms with Crippen LogP contribution in [0.4, 0.5) is 0 Å². The lowest BCUT2D eigenvalue weighted by atomic mass is 10.2. The van der Waals surface area contributed by atoms with E-state index in [0.29, 0.717) is 13.2 Å². The molecule has 5 nitrogen and oxygen atoms in total. The zero-order valence-corrected chi connectivity index (χ0v) is 11.8. The van der Waals surface area contributed by atoms with Crippen molar-refractivity contribution < 1.29 is 18.9 Å². The minimum Gasteiger partial charge on any atom is -0.353 e. The third-order valence-electron chi connectivity index (χ3n) is 3.44. The molecule has 2 fully saturated rings. The highest BCUT2D eigenvalue weighted by atomic mass is 16.7. The van der Waals surface area contributed by atoms with Gasteiger partial charge in [-0.3, -0.25) is 0 Å². The first-order valence-electron chi connectivity index (χ1n) is 7.62. The van der Waals surface area contributed by atoms with E-state index < -0.39 is 0 Å². The maximum atomic E-state index is 5.63. The largest absolute Gasteiger partial charge is 0.353 e. The van der Waals surface area contributed by atoms with E-state index in [0.717, 1.165) is 39.1 Å². The molecule has 2 heterocycles. The van der Waals surface area contributed by atoms with Crippen LogP contribution in [-0.2, 0) is 18.9 Å². The van der Waals surface area contributed by atoms with Gasteiger partial charge in [0.25, 0.3) is 0 Å². The van der Waals surface area contributed by atoms with Gasteiger partial charge in [0.15, 0.2) is 12.6 Å². The van der Waals surface area contributed by atoms with Gasteiger partial charge in [0, 0.05) is 26.3 Å². The van der Waals surface area contributed by atoms with Crippen LogP contribution in [0.25, 0.3) is 0 Å². The third-order valence-corrected chi connectivity index (χ3v) is 3.44. The monoisotopic (exact) mass is 273 g/mol. The fraction of sp³-hybridized carbons (Fsp3) is 1.00. The molecule has 0 aromatic rings. The molecule has 0 spiro atoms. The Hall–Kier alpha value is -0.200. The van der Waals surface area contributed by atoms with Crippen molar-refractivity contribution in [2.24, 2.45) is 0 Å². The zero-order valence-electron chi connectivity index (χ0n) is 11.8. The Labute approximate surface area is 115 Å². The highest BCUT2D eigenvalue weighted by Crippen LogP contribution is 2.13. The lowest BCUT2D eigenvalue weighted by molar-refractivity contribution is -0.164. The first-order valence-corrected chi connectivity index (χ1v) is 7.62. The molecule has 2 rings (SSSR count). The summed E-state index contributed by atoms with van der Waals surface area (Å²) < 4.78 is 22.2. The molecule has 5 heteroatoms. The van der Waals surface area contributed by atoms with Gasteiger partial charge in [0.2, 0.25) is 0 Å². The van der Waals surface area contributed by atoms with Crippen LogP contribution in [0.5, 0.6) is 0 Å². The molecule has 19 heavy (non-hydrogen) atoms. The summed E-state index contributed by atoms with van der Waals surface area (Å²) >= 11 is 0. The van der Waals surface area contributed by atoms with Gasteiger partial charge in [0.05, 0.1) is 13.2 Å². The molecule has 2 unspecified atom stereocenters. The van der Waals surface area contributed by atoms with Crippen LogP contribution >= 0.6 is 0 Å². The molecular weight excluding hydrogens is 246 g/mol. The minimum atomic E-state index is 0.0161. The fourth-order valence-electron chi connectivity index (χ4n) is 2.34. The van der Waals surface area contributed by atoms with E-state index in [-0.39, 0.29) is 12.6 Å². The average Bonchev–Trinajstić information content (AvgIpc) is 2.48. The van der Waals surface area contributed by atoms with E-state index in [9.17, 15) is 0 Å². The first-order chi connectivity index (χ1) is 9.45. The summed E-state index contributed by atoms with van der Waals surface area (Å²) in [4.78, 5) is 0. The molecule has 2 aliphatic heterocycles. The second kappa shape index (κ2) is 9.66. The average molecular weight is 273 g/mol. The van der Waals surface area contributed by atoms with Crippen molar-refractivity contribution in [3.05, 3.63) is 0 Å². The Bertz CT molecular complexity index is 193. The lowest BCUT2D eigenvalue weighted by Gasteiger charge is -2.23. The van der Waals surface area contributed by atoms with Crippen LogP contribution in [0.3, 0.4) is 0 Å². The van der Waals surface area contributed by atoms with Crippen molar-refractivity contribution in [1.82, 2.24) is 5.32 Å². The van der Waals surface area contributed by atoms with Crippen LogP contribution in [0.2, 0.25) is 0 Å². The molecule has 0 amide bonds. The smallest absolute Gasteiger partial charge is 0.157 e. The topological polar surface area (TPSA) is 49.0 Å². The third kappa shape index (κ3) is 6.68. The molecule has 2 saturated heterocycles. The summed E-state index contributed by atoms with van der Waals surface area (Å²) in [6.07, 6.45) is 6.85. The molecule has 2 aliphatic rings. The van der Waals surface area contributed by atoms with E-state index in [1.807, 2.05) is 0 Å². The lowest BCUT2D eigenvalue weighted by Crippen LogP contribution is -2.30. The van der Waals surface area contributed by atoms with Gasteiger partial charge in [-0.2, -0.15) is 0 Å². The molecule has 112 valence electrons. The summed E-state index contributed by atoms with van der Waals surface area (Å²) in [5.74, 6) is 0. The van der Waals surface area contributed by atoms with Gasteiger partial charge in [-0.25, -0.2) is 0 Å². The summed E-state index contributed by atoms with van der Waals surface area (Å²) in [6.45, 7) is 4.76. The quantitative estimate of drug-likeness (QED) is 0.682. The number of nitrogens with one attached hydrogen (secondary N) is 1. The van der Waals surface area contributed by atoms with Crippen LogP contribution in [0, 0.1) is 0 Å². The highest BCUT2D eigenvalue weighted by molar-refractivity contribution is 4.56. The van der Waals surface area contributed by atoms with Crippen LogP contribution in [0.15, 0.2) is 0 Å². The van der Waals surface area contributed by atoms with Crippen molar-refractivity contribution >= 4 is 0 Å². The van der Waals surface area contributed by atoms with E-state index in [2.05, 4.69) is 5.32 Å². The number of rotatable bonds is 8. The Morgan fingerprint density at radius 2 is 1.32 bits per heavy atom. The predicted molar refractivity (Wildman–Crippen MR) is 72.0 cm³/mol. The Morgan fingerprint density at radius 3 is 1.74 bits per heavy atom. The van der Waals surface area contributed by atoms with Crippen molar-refractivity contribution in [1.29, 1.82) is 0 Å². The standard InChI is InChI=1S/C14H27NO4/c1-3-9-16-13(5-1)18-11-7-15-8-12-19-14-6-2-4-10-17-14/h13-15H,1-12H2. The molecular formula is C14H27NO4. The van der Waals surface area contributed by atoms with Gasteiger partial charge < -0.3 is 24.3 Å². The van der Waals surface area contributed by atoms with E-state index in [4.69, 9.17) is 18.9 Å². The zero-order chi connectivity index (χ0) is 13.2. The molecule has 1 N–H and O–H groups in total. The minimum absolute atomic E-state index is 0.0161. The summed E-state index contributed by atoms with van der Waals surface area (Å²) in [5.41, 5.74) is 0. The maximum absolute atomic E-state index is 5.63. The molecule has 0 aliphatic carbocycles. The van der Waals surface area contributed by atoms with Gasteiger partial charge in [-0.05, 0) is 38.5 Å². The van der Waals surface area contributed by atoms with E-state index in [1.165, 1.54) is 25.7 Å². The fourth-order valence-corrected chi connectivity index (χ4v) is 2.34. The predicted octanol–water partition coefficient (Wildman–Crippen LogP) is 1.66. The van der Waals surface area contributed by atoms with Crippen LogP contribution < -0.4 is 5.32 Å². The second-order valence-corrected chi connectivity index (χ2v) is 5.08. The molecule has 0 bridgehead atoms. The van der Waals surface area contributed by atoms with Crippen molar-refractivity contribution in [3.8, 4) is 0 Å². The van der Waals surface area contributed by atoms with E-state index in [1.54, 1.807) is 0 Å². The van der Waals surface area contributed by atoms with Crippen LogP contribution in [-0.4, -0.2) is 52.1 Å². The van der Waals surface area contributed by atoms with Crippen molar-refractivity contribution in [2.45, 2.75) is 51.1 Å². The normalized spacial score (nSPS) is 28.4. The number of ether oxygens (including phenoxy) is 4. The molecule has 0 aromatic carbocycles. The summed E-state index contributed by atoms with van der Waals surface area (Å²) in [5, 5.41) is 3.30.